The summed E-state index contributed by atoms with van der Waals surface area (Å²) in [5.74, 6) is 0.379. The van der Waals surface area contributed by atoms with Gasteiger partial charge in [-0.15, -0.1) is 0 Å². The number of hydrogen-bond donors (Lipinski definition) is 0. The molecule has 2 fully saturated rings. The second-order valence-corrected chi connectivity index (χ2v) is 7.55. The molecule has 140 valence electrons. The summed E-state index contributed by atoms with van der Waals surface area (Å²) in [6, 6.07) is 10.1. The van der Waals surface area contributed by atoms with Crippen molar-refractivity contribution < 1.29 is 9.59 Å². The quantitative estimate of drug-likeness (QED) is 0.782. The molecule has 1 aromatic heterocycles. The molecule has 1 saturated carbocycles. The van der Waals surface area contributed by atoms with Gasteiger partial charge in [-0.1, -0.05) is 37.3 Å². The molecule has 2 aliphatic rings. The number of nitrogens with zero attached hydrogens (tertiary/aromatic N) is 4. The first-order valence-corrected chi connectivity index (χ1v) is 9.58. The number of rotatable bonds is 4. The molecule has 2 amide bonds. The molecule has 1 saturated heterocycles. The van der Waals surface area contributed by atoms with Gasteiger partial charge in [-0.2, -0.15) is 0 Å². The first kappa shape index (κ1) is 17.6. The van der Waals surface area contributed by atoms with E-state index in [1.807, 2.05) is 30.3 Å². The van der Waals surface area contributed by atoms with E-state index in [9.17, 15) is 9.59 Å². The summed E-state index contributed by atoms with van der Waals surface area (Å²) in [4.78, 5) is 37.2. The van der Waals surface area contributed by atoms with Gasteiger partial charge in [0.1, 0.15) is 5.82 Å². The third-order valence-electron chi connectivity index (χ3n) is 5.59. The third-order valence-corrected chi connectivity index (χ3v) is 5.59. The van der Waals surface area contributed by atoms with Crippen LogP contribution in [0, 0.1) is 5.92 Å². The topological polar surface area (TPSA) is 66.4 Å². The SMILES string of the molecule is CC1CCC(N2CCN(Cc3ncc(-c4ccccc4)cn3)C(=O)C2=O)C1. The van der Waals surface area contributed by atoms with E-state index >= 15 is 0 Å². The fourth-order valence-corrected chi connectivity index (χ4v) is 4.04. The van der Waals surface area contributed by atoms with Crippen LogP contribution in [0.1, 0.15) is 32.0 Å². The molecule has 0 radical (unpaired) electrons. The highest BCUT2D eigenvalue weighted by Gasteiger charge is 2.38. The van der Waals surface area contributed by atoms with E-state index in [-0.39, 0.29) is 18.5 Å². The summed E-state index contributed by atoms with van der Waals surface area (Å²) >= 11 is 0. The van der Waals surface area contributed by atoms with Crippen molar-refractivity contribution >= 4 is 11.8 Å². The maximum Gasteiger partial charge on any atom is 0.312 e. The zero-order valence-corrected chi connectivity index (χ0v) is 15.5. The Bertz CT molecular complexity index is 822. The molecule has 4 rings (SSSR count). The average Bonchev–Trinajstić information content (AvgIpc) is 3.13. The van der Waals surface area contributed by atoms with E-state index in [0.717, 1.165) is 30.4 Å². The van der Waals surface area contributed by atoms with Gasteiger partial charge in [0.05, 0.1) is 6.54 Å². The molecule has 1 aliphatic carbocycles. The zero-order chi connectivity index (χ0) is 18.8. The maximum absolute atomic E-state index is 12.6. The maximum atomic E-state index is 12.6. The predicted octanol–water partition coefficient (Wildman–Crippen LogP) is 2.50. The van der Waals surface area contributed by atoms with Crippen LogP contribution < -0.4 is 0 Å². The Hall–Kier alpha value is -2.76. The van der Waals surface area contributed by atoms with Crippen molar-refractivity contribution in [2.24, 2.45) is 5.92 Å². The molecule has 2 unspecified atom stereocenters. The Labute approximate surface area is 159 Å². The van der Waals surface area contributed by atoms with Gasteiger partial charge in [-0.05, 0) is 30.7 Å². The molecule has 0 N–H and O–H groups in total. The normalized spacial score (nSPS) is 23.1. The number of carbonyl (C=O) groups excluding carboxylic acids is 2. The van der Waals surface area contributed by atoms with Gasteiger partial charge < -0.3 is 9.80 Å². The standard InChI is InChI=1S/C21H24N4O2/c1-15-7-8-18(11-15)25-10-9-24(20(26)21(25)27)14-19-22-12-17(13-23-19)16-5-3-2-4-6-16/h2-6,12-13,15,18H,7-11,14H2,1H3. The minimum absolute atomic E-state index is 0.222. The number of amides is 2. The van der Waals surface area contributed by atoms with Crippen LogP contribution in [0.3, 0.4) is 0 Å². The van der Waals surface area contributed by atoms with E-state index < -0.39 is 5.91 Å². The van der Waals surface area contributed by atoms with Crippen molar-refractivity contribution in [2.45, 2.75) is 38.8 Å². The molecule has 6 heteroatoms. The smallest absolute Gasteiger partial charge is 0.312 e. The summed E-state index contributed by atoms with van der Waals surface area (Å²) in [6.07, 6.45) is 6.67. The Morgan fingerprint density at radius 1 is 0.963 bits per heavy atom. The number of piperazine rings is 1. The second-order valence-electron chi connectivity index (χ2n) is 7.55. The summed E-state index contributed by atoms with van der Waals surface area (Å²) < 4.78 is 0. The number of carbonyl (C=O) groups is 2. The monoisotopic (exact) mass is 364 g/mol. The second kappa shape index (κ2) is 7.47. The van der Waals surface area contributed by atoms with Crippen molar-refractivity contribution in [1.29, 1.82) is 0 Å². The minimum Gasteiger partial charge on any atom is -0.330 e. The molecule has 6 nitrogen and oxygen atoms in total. The molecule has 1 aromatic carbocycles. The highest BCUT2D eigenvalue weighted by Crippen LogP contribution is 2.30. The first-order valence-electron chi connectivity index (χ1n) is 9.58. The molecular formula is C21H24N4O2. The Morgan fingerprint density at radius 2 is 1.70 bits per heavy atom. The lowest BCUT2D eigenvalue weighted by Crippen LogP contribution is -2.56. The fraction of sp³-hybridized carbons (Fsp3) is 0.429. The molecule has 2 atom stereocenters. The van der Waals surface area contributed by atoms with Crippen LogP contribution in [0.15, 0.2) is 42.7 Å². The Balaban J connectivity index is 1.40. The van der Waals surface area contributed by atoms with Crippen LogP contribution in [-0.2, 0) is 16.1 Å². The first-order chi connectivity index (χ1) is 13.1. The minimum atomic E-state index is -0.434. The average molecular weight is 364 g/mol. The van der Waals surface area contributed by atoms with Crippen molar-refractivity contribution in [1.82, 2.24) is 19.8 Å². The third kappa shape index (κ3) is 3.70. The van der Waals surface area contributed by atoms with Crippen LogP contribution in [0.5, 0.6) is 0 Å². The Kier molecular flexibility index (Phi) is 4.88. The van der Waals surface area contributed by atoms with Gasteiger partial charge in [0.15, 0.2) is 0 Å². The van der Waals surface area contributed by atoms with Crippen LogP contribution in [-0.4, -0.2) is 50.7 Å². The van der Waals surface area contributed by atoms with E-state index in [0.29, 0.717) is 24.8 Å². The highest BCUT2D eigenvalue weighted by atomic mass is 16.2. The molecule has 2 heterocycles. The van der Waals surface area contributed by atoms with Crippen molar-refractivity contribution in [3.8, 4) is 11.1 Å². The van der Waals surface area contributed by atoms with Crippen LogP contribution in [0.2, 0.25) is 0 Å². The van der Waals surface area contributed by atoms with E-state index in [4.69, 9.17) is 0 Å². The van der Waals surface area contributed by atoms with Crippen molar-refractivity contribution in [2.75, 3.05) is 13.1 Å². The lowest BCUT2D eigenvalue weighted by molar-refractivity contribution is -0.158. The lowest BCUT2D eigenvalue weighted by Gasteiger charge is -2.37. The molecule has 27 heavy (non-hydrogen) atoms. The van der Waals surface area contributed by atoms with Gasteiger partial charge >= 0.3 is 11.8 Å². The highest BCUT2D eigenvalue weighted by molar-refractivity contribution is 6.35. The molecule has 0 bridgehead atoms. The summed E-state index contributed by atoms with van der Waals surface area (Å²) in [6.45, 7) is 3.62. The van der Waals surface area contributed by atoms with Gasteiger partial charge in [0.2, 0.25) is 0 Å². The van der Waals surface area contributed by atoms with Gasteiger partial charge in [-0.3, -0.25) is 9.59 Å². The molecule has 1 aliphatic heterocycles. The molecule has 2 aromatic rings. The number of aromatic nitrogens is 2. The summed E-state index contributed by atoms with van der Waals surface area (Å²) in [7, 11) is 0. The number of hydrogen-bond acceptors (Lipinski definition) is 4. The van der Waals surface area contributed by atoms with Gasteiger partial charge in [-0.25, -0.2) is 9.97 Å². The van der Waals surface area contributed by atoms with Crippen LogP contribution in [0.25, 0.3) is 11.1 Å². The predicted molar refractivity (Wildman–Crippen MR) is 101 cm³/mol. The van der Waals surface area contributed by atoms with E-state index in [2.05, 4.69) is 16.9 Å². The molecule has 0 spiro atoms. The van der Waals surface area contributed by atoms with Crippen molar-refractivity contribution in [3.63, 3.8) is 0 Å². The summed E-state index contributed by atoms with van der Waals surface area (Å²) in [5.41, 5.74) is 1.98. The summed E-state index contributed by atoms with van der Waals surface area (Å²) in [5, 5.41) is 0. The largest absolute Gasteiger partial charge is 0.330 e. The molecular weight excluding hydrogens is 340 g/mol. The van der Waals surface area contributed by atoms with Gasteiger partial charge in [0.25, 0.3) is 0 Å². The number of benzene rings is 1. The fourth-order valence-electron chi connectivity index (χ4n) is 4.04. The van der Waals surface area contributed by atoms with Crippen molar-refractivity contribution in [3.05, 3.63) is 48.5 Å². The van der Waals surface area contributed by atoms with Crippen LogP contribution >= 0.6 is 0 Å². The zero-order valence-electron chi connectivity index (χ0n) is 15.5. The van der Waals surface area contributed by atoms with Gasteiger partial charge in [0, 0.05) is 37.1 Å². The van der Waals surface area contributed by atoms with E-state index in [1.54, 1.807) is 22.2 Å². The van der Waals surface area contributed by atoms with E-state index in [1.165, 1.54) is 0 Å². The lowest BCUT2D eigenvalue weighted by atomic mass is 10.1. The van der Waals surface area contributed by atoms with Crippen LogP contribution in [0.4, 0.5) is 0 Å². The Morgan fingerprint density at radius 3 is 2.37 bits per heavy atom.